The Balaban J connectivity index is 1.95. The Morgan fingerprint density at radius 3 is 2.35 bits per heavy atom. The van der Waals surface area contributed by atoms with Crippen LogP contribution >= 0.6 is 0 Å². The van der Waals surface area contributed by atoms with E-state index in [1.165, 1.54) is 0 Å². The molecule has 1 saturated heterocycles. The van der Waals surface area contributed by atoms with E-state index < -0.39 is 11.8 Å². The molecule has 2 rings (SSSR count). The van der Waals surface area contributed by atoms with Gasteiger partial charge in [0.2, 0.25) is 5.91 Å². The van der Waals surface area contributed by atoms with Gasteiger partial charge >= 0.3 is 11.8 Å². The van der Waals surface area contributed by atoms with E-state index in [4.69, 9.17) is 0 Å². The molecule has 3 N–H and O–H groups in total. The number of piperidine rings is 1. The number of benzene rings is 1. The van der Waals surface area contributed by atoms with Gasteiger partial charge in [-0.05, 0) is 70.5 Å². The Morgan fingerprint density at radius 1 is 1.12 bits per heavy atom. The number of hydrogen-bond acceptors (Lipinski definition) is 5. The largest absolute Gasteiger partial charge is 0.372 e. The number of amides is 3. The number of carbonyl (C=O) groups excluding carboxylic acids is 3. The quantitative estimate of drug-likeness (QED) is 0.691. The van der Waals surface area contributed by atoms with E-state index in [0.717, 1.165) is 37.4 Å². The summed E-state index contributed by atoms with van der Waals surface area (Å²) in [6.45, 7) is 9.32. The number of nitrogens with one attached hydrogen (secondary N) is 3. The van der Waals surface area contributed by atoms with Gasteiger partial charge < -0.3 is 15.5 Å². The van der Waals surface area contributed by atoms with Crippen LogP contribution in [0.1, 0.15) is 32.3 Å². The van der Waals surface area contributed by atoms with Gasteiger partial charge in [-0.15, -0.1) is 0 Å². The van der Waals surface area contributed by atoms with Gasteiger partial charge in [0.05, 0.1) is 0 Å². The number of carbonyl (C=O) groups is 3. The Kier molecular flexibility index (Phi) is 7.15. The van der Waals surface area contributed by atoms with Gasteiger partial charge in [0.1, 0.15) is 0 Å². The molecule has 0 saturated carbocycles. The number of anilines is 2. The standard InChI is InChI=1S/C19H28N4O3/c1-4-23(5-2)15-6-7-16(13(3)12-15)21-18(25)19(26)22-17(24)14-8-10-20-11-9-14/h6-7,12,14,20H,4-5,8-11H2,1-3H3,(H,21,25)(H,22,24,26). The molecule has 1 aliphatic rings. The summed E-state index contributed by atoms with van der Waals surface area (Å²) in [6.07, 6.45) is 1.35. The van der Waals surface area contributed by atoms with Crippen LogP contribution in [0.25, 0.3) is 0 Å². The van der Waals surface area contributed by atoms with Crippen LogP contribution in [0.5, 0.6) is 0 Å². The minimum Gasteiger partial charge on any atom is -0.372 e. The first-order chi connectivity index (χ1) is 12.5. The molecule has 0 unspecified atom stereocenters. The van der Waals surface area contributed by atoms with Crippen molar-refractivity contribution in [1.82, 2.24) is 10.6 Å². The highest BCUT2D eigenvalue weighted by atomic mass is 16.2. The number of rotatable bonds is 5. The van der Waals surface area contributed by atoms with E-state index in [0.29, 0.717) is 18.5 Å². The van der Waals surface area contributed by atoms with Gasteiger partial charge in [0.15, 0.2) is 0 Å². The monoisotopic (exact) mass is 360 g/mol. The van der Waals surface area contributed by atoms with Crippen LogP contribution < -0.4 is 20.9 Å². The Hall–Kier alpha value is -2.41. The first-order valence-corrected chi connectivity index (χ1v) is 9.18. The maximum atomic E-state index is 12.1. The van der Waals surface area contributed by atoms with Gasteiger partial charge in [-0.25, -0.2) is 0 Å². The zero-order chi connectivity index (χ0) is 19.1. The molecule has 1 fully saturated rings. The highest BCUT2D eigenvalue weighted by molar-refractivity contribution is 6.42. The summed E-state index contributed by atoms with van der Waals surface area (Å²) in [5, 5.41) is 7.96. The lowest BCUT2D eigenvalue weighted by molar-refractivity contribution is -0.141. The van der Waals surface area contributed by atoms with Crippen molar-refractivity contribution in [2.24, 2.45) is 5.92 Å². The van der Waals surface area contributed by atoms with Crippen molar-refractivity contribution < 1.29 is 14.4 Å². The first-order valence-electron chi connectivity index (χ1n) is 9.18. The molecule has 26 heavy (non-hydrogen) atoms. The lowest BCUT2D eigenvalue weighted by Crippen LogP contribution is -2.44. The van der Waals surface area contributed by atoms with Gasteiger partial charge in [-0.1, -0.05) is 0 Å². The van der Waals surface area contributed by atoms with Gasteiger partial charge in [-0.2, -0.15) is 0 Å². The molecule has 0 aliphatic carbocycles. The van der Waals surface area contributed by atoms with Crippen LogP contribution in [0.2, 0.25) is 0 Å². The Labute approximate surface area is 154 Å². The van der Waals surface area contributed by atoms with Crippen LogP contribution in [-0.4, -0.2) is 43.9 Å². The van der Waals surface area contributed by atoms with Crippen molar-refractivity contribution in [1.29, 1.82) is 0 Å². The second-order valence-corrected chi connectivity index (χ2v) is 6.47. The van der Waals surface area contributed by atoms with E-state index in [1.807, 2.05) is 19.1 Å². The molecule has 7 nitrogen and oxygen atoms in total. The second-order valence-electron chi connectivity index (χ2n) is 6.47. The predicted molar refractivity (Wildman–Crippen MR) is 102 cm³/mol. The maximum Gasteiger partial charge on any atom is 0.316 e. The first kappa shape index (κ1) is 19.9. The van der Waals surface area contributed by atoms with Crippen molar-refractivity contribution in [2.45, 2.75) is 33.6 Å². The summed E-state index contributed by atoms with van der Waals surface area (Å²) in [4.78, 5) is 38.4. The highest BCUT2D eigenvalue weighted by Crippen LogP contribution is 2.22. The van der Waals surface area contributed by atoms with E-state index in [2.05, 4.69) is 34.7 Å². The summed E-state index contributed by atoms with van der Waals surface area (Å²) >= 11 is 0. The van der Waals surface area contributed by atoms with E-state index in [1.54, 1.807) is 6.07 Å². The summed E-state index contributed by atoms with van der Waals surface area (Å²) in [5.41, 5.74) is 2.49. The molecule has 142 valence electrons. The average Bonchev–Trinajstić information content (AvgIpc) is 2.65. The third kappa shape index (κ3) is 5.05. The molecular formula is C19H28N4O3. The van der Waals surface area contributed by atoms with Crippen LogP contribution in [-0.2, 0) is 14.4 Å². The molecule has 0 aromatic heterocycles. The summed E-state index contributed by atoms with van der Waals surface area (Å²) in [7, 11) is 0. The van der Waals surface area contributed by atoms with E-state index in [-0.39, 0.29) is 11.8 Å². The second kappa shape index (κ2) is 9.33. The number of hydrogen-bond donors (Lipinski definition) is 3. The topological polar surface area (TPSA) is 90.5 Å². The molecule has 1 heterocycles. The minimum absolute atomic E-state index is 0.219. The molecule has 3 amide bonds. The Morgan fingerprint density at radius 2 is 1.77 bits per heavy atom. The smallest absolute Gasteiger partial charge is 0.316 e. The number of imide groups is 1. The molecule has 1 aromatic carbocycles. The van der Waals surface area contributed by atoms with Crippen molar-refractivity contribution in [3.8, 4) is 0 Å². The summed E-state index contributed by atoms with van der Waals surface area (Å²) in [5.74, 6) is -2.34. The molecule has 0 bridgehead atoms. The fourth-order valence-electron chi connectivity index (χ4n) is 3.11. The van der Waals surface area contributed by atoms with E-state index in [9.17, 15) is 14.4 Å². The maximum absolute atomic E-state index is 12.1. The lowest BCUT2D eigenvalue weighted by Gasteiger charge is -2.22. The third-order valence-electron chi connectivity index (χ3n) is 4.74. The molecule has 1 aliphatic heterocycles. The van der Waals surface area contributed by atoms with E-state index >= 15 is 0 Å². The van der Waals surface area contributed by atoms with Crippen molar-refractivity contribution in [3.05, 3.63) is 23.8 Å². The number of aryl methyl sites for hydroxylation is 1. The van der Waals surface area contributed by atoms with Crippen LogP contribution in [0.3, 0.4) is 0 Å². The fraction of sp³-hybridized carbons (Fsp3) is 0.526. The van der Waals surface area contributed by atoms with Crippen LogP contribution in [0, 0.1) is 12.8 Å². The van der Waals surface area contributed by atoms with Crippen LogP contribution in [0.4, 0.5) is 11.4 Å². The minimum atomic E-state index is -0.916. The summed E-state index contributed by atoms with van der Waals surface area (Å²) in [6, 6.07) is 5.66. The van der Waals surface area contributed by atoms with Crippen molar-refractivity contribution >= 4 is 29.1 Å². The summed E-state index contributed by atoms with van der Waals surface area (Å²) < 4.78 is 0. The highest BCUT2D eigenvalue weighted by Gasteiger charge is 2.25. The zero-order valence-electron chi connectivity index (χ0n) is 15.7. The van der Waals surface area contributed by atoms with Crippen molar-refractivity contribution in [2.75, 3.05) is 36.4 Å². The average molecular weight is 360 g/mol. The lowest BCUT2D eigenvalue weighted by atomic mass is 9.97. The molecule has 0 atom stereocenters. The van der Waals surface area contributed by atoms with Crippen molar-refractivity contribution in [3.63, 3.8) is 0 Å². The molecule has 7 heteroatoms. The molecule has 0 spiro atoms. The van der Waals surface area contributed by atoms with Gasteiger partial charge in [-0.3, -0.25) is 19.7 Å². The molecule has 0 radical (unpaired) electrons. The predicted octanol–water partition coefficient (Wildman–Crippen LogP) is 1.42. The SMILES string of the molecule is CCN(CC)c1ccc(NC(=O)C(=O)NC(=O)C2CCNCC2)c(C)c1. The number of nitrogens with zero attached hydrogens (tertiary/aromatic N) is 1. The molecule has 1 aromatic rings. The third-order valence-corrected chi connectivity index (χ3v) is 4.74. The van der Waals surface area contributed by atoms with Gasteiger partial charge in [0, 0.05) is 30.4 Å². The Bertz CT molecular complexity index is 665. The van der Waals surface area contributed by atoms with Crippen LogP contribution in [0.15, 0.2) is 18.2 Å². The molecular weight excluding hydrogens is 332 g/mol. The normalized spacial score (nSPS) is 14.6. The zero-order valence-corrected chi connectivity index (χ0v) is 15.7. The van der Waals surface area contributed by atoms with Gasteiger partial charge in [0.25, 0.3) is 0 Å². The fourth-order valence-corrected chi connectivity index (χ4v) is 3.11.